The maximum atomic E-state index is 12.4. The van der Waals surface area contributed by atoms with Crippen LogP contribution >= 0.6 is 0 Å². The second kappa shape index (κ2) is 10.5. The van der Waals surface area contributed by atoms with Gasteiger partial charge in [-0.2, -0.15) is 4.72 Å². The van der Waals surface area contributed by atoms with Crippen molar-refractivity contribution >= 4 is 10.0 Å². The van der Waals surface area contributed by atoms with E-state index < -0.39 is 10.0 Å². The van der Waals surface area contributed by atoms with Gasteiger partial charge in [-0.05, 0) is 55.7 Å². The highest BCUT2D eigenvalue weighted by Crippen LogP contribution is 2.21. The van der Waals surface area contributed by atoms with Crippen molar-refractivity contribution in [2.75, 3.05) is 19.8 Å². The minimum absolute atomic E-state index is 0.00621. The van der Waals surface area contributed by atoms with Gasteiger partial charge >= 0.3 is 0 Å². The highest BCUT2D eigenvalue weighted by molar-refractivity contribution is 7.89. The average molecular weight is 400 g/mol. The van der Waals surface area contributed by atoms with Crippen LogP contribution in [0, 0.1) is 18.8 Å². The van der Waals surface area contributed by atoms with E-state index >= 15 is 0 Å². The molecule has 0 aliphatic carbocycles. The summed E-state index contributed by atoms with van der Waals surface area (Å²) in [5.41, 5.74) is 1.80. The molecule has 0 amide bonds. The molecule has 0 aromatic heterocycles. The maximum Gasteiger partial charge on any atom is 0.241 e. The van der Waals surface area contributed by atoms with Gasteiger partial charge in [-0.15, -0.1) is 6.58 Å². The number of benzene rings is 2. The van der Waals surface area contributed by atoms with Gasteiger partial charge in [-0.25, -0.2) is 8.42 Å². The number of aryl methyl sites for hydroxylation is 1. The van der Waals surface area contributed by atoms with E-state index in [-0.39, 0.29) is 18.0 Å². The lowest BCUT2D eigenvalue weighted by Gasteiger charge is -2.09. The van der Waals surface area contributed by atoms with E-state index in [2.05, 4.69) is 23.1 Å². The summed E-state index contributed by atoms with van der Waals surface area (Å²) in [7, 11) is -3.63. The zero-order chi connectivity index (χ0) is 20.4. The molecule has 2 rings (SSSR count). The molecular formula is C22H25NO4S. The predicted octanol–water partition coefficient (Wildman–Crippen LogP) is 3.48. The largest absolute Gasteiger partial charge is 0.494 e. The normalized spacial score (nSPS) is 10.6. The van der Waals surface area contributed by atoms with Crippen molar-refractivity contribution in [2.24, 2.45) is 0 Å². The Morgan fingerprint density at radius 2 is 1.89 bits per heavy atom. The van der Waals surface area contributed by atoms with Gasteiger partial charge in [0, 0.05) is 0 Å². The van der Waals surface area contributed by atoms with Crippen LogP contribution in [0.25, 0.3) is 0 Å². The molecule has 0 saturated heterocycles. The third-order valence-corrected chi connectivity index (χ3v) is 5.27. The Morgan fingerprint density at radius 1 is 1.11 bits per heavy atom. The lowest BCUT2D eigenvalue weighted by molar-refractivity contribution is 0.337. The van der Waals surface area contributed by atoms with E-state index in [0.717, 1.165) is 16.9 Å². The molecule has 2 aromatic rings. The van der Waals surface area contributed by atoms with Gasteiger partial charge in [0.1, 0.15) is 18.1 Å². The van der Waals surface area contributed by atoms with E-state index in [1.807, 2.05) is 44.2 Å². The van der Waals surface area contributed by atoms with E-state index in [0.29, 0.717) is 18.8 Å². The first kappa shape index (κ1) is 21.5. The number of nitrogens with one attached hydrogen (secondary N) is 1. The Balaban J connectivity index is 1.89. The van der Waals surface area contributed by atoms with Crippen LogP contribution in [-0.4, -0.2) is 28.2 Å². The first-order valence-electron chi connectivity index (χ1n) is 8.98. The molecule has 5 nitrogen and oxygen atoms in total. The third kappa shape index (κ3) is 6.15. The molecule has 0 aliphatic heterocycles. The van der Waals surface area contributed by atoms with Gasteiger partial charge in [0.05, 0.1) is 18.0 Å². The summed E-state index contributed by atoms with van der Waals surface area (Å²) in [5, 5.41) is 0. The van der Waals surface area contributed by atoms with Crippen LogP contribution in [-0.2, 0) is 16.4 Å². The summed E-state index contributed by atoms with van der Waals surface area (Å²) in [6.45, 7) is 8.13. The molecular weight excluding hydrogens is 374 g/mol. The standard InChI is InChI=1S/C22H25NO4S/c1-4-10-19-11-6-7-12-22(19)27-16-9-8-15-23-28(24,25)20-13-14-21(26-5-2)18(3)17-20/h4,6-7,11-14,17,23H,1,5,10,15-16H2,2-3H3. The fourth-order valence-electron chi connectivity index (χ4n) is 2.52. The minimum Gasteiger partial charge on any atom is -0.494 e. The molecule has 6 heteroatoms. The van der Waals surface area contributed by atoms with Crippen molar-refractivity contribution in [3.63, 3.8) is 0 Å². The maximum absolute atomic E-state index is 12.4. The summed E-state index contributed by atoms with van der Waals surface area (Å²) in [4.78, 5) is 0.185. The van der Waals surface area contributed by atoms with Crippen LogP contribution in [0.4, 0.5) is 0 Å². The number of para-hydroxylation sites is 1. The lowest BCUT2D eigenvalue weighted by atomic mass is 10.1. The predicted molar refractivity (Wildman–Crippen MR) is 111 cm³/mol. The third-order valence-electron chi connectivity index (χ3n) is 3.87. The van der Waals surface area contributed by atoms with Gasteiger partial charge in [-0.3, -0.25) is 0 Å². The van der Waals surface area contributed by atoms with E-state index in [1.165, 1.54) is 6.07 Å². The molecule has 0 spiro atoms. The number of sulfonamides is 1. The van der Waals surface area contributed by atoms with E-state index in [1.54, 1.807) is 12.1 Å². The molecule has 1 N–H and O–H groups in total. The Kier molecular flexibility index (Phi) is 8.12. The number of hydrogen-bond acceptors (Lipinski definition) is 4. The molecule has 28 heavy (non-hydrogen) atoms. The number of rotatable bonds is 9. The van der Waals surface area contributed by atoms with Gasteiger partial charge < -0.3 is 9.47 Å². The van der Waals surface area contributed by atoms with Crippen LogP contribution < -0.4 is 14.2 Å². The zero-order valence-corrected chi connectivity index (χ0v) is 17.0. The minimum atomic E-state index is -3.63. The number of hydrogen-bond donors (Lipinski definition) is 1. The van der Waals surface area contributed by atoms with Crippen molar-refractivity contribution in [2.45, 2.75) is 25.2 Å². The fourth-order valence-corrected chi connectivity index (χ4v) is 3.53. The van der Waals surface area contributed by atoms with Gasteiger partial charge in [0.15, 0.2) is 0 Å². The number of allylic oxidation sites excluding steroid dienone is 1. The van der Waals surface area contributed by atoms with Crippen LogP contribution in [0.5, 0.6) is 11.5 Å². The second-order valence-corrected chi connectivity index (χ2v) is 7.69. The SMILES string of the molecule is C=CCc1ccccc1OCC#CCNS(=O)(=O)c1ccc(OCC)c(C)c1. The molecule has 0 bridgehead atoms. The zero-order valence-electron chi connectivity index (χ0n) is 16.2. The molecule has 0 atom stereocenters. The van der Waals surface area contributed by atoms with E-state index in [4.69, 9.17) is 9.47 Å². The molecule has 0 aliphatic rings. The first-order valence-corrected chi connectivity index (χ1v) is 10.5. The first-order chi connectivity index (χ1) is 13.5. The number of ether oxygens (including phenoxy) is 2. The quantitative estimate of drug-likeness (QED) is 0.518. The monoisotopic (exact) mass is 399 g/mol. The molecule has 0 unspecified atom stereocenters. The lowest BCUT2D eigenvalue weighted by Crippen LogP contribution is -2.24. The van der Waals surface area contributed by atoms with Crippen molar-refractivity contribution in [1.82, 2.24) is 4.72 Å². The molecule has 0 fully saturated rings. The summed E-state index contributed by atoms with van der Waals surface area (Å²) in [6, 6.07) is 12.4. The van der Waals surface area contributed by atoms with Crippen molar-refractivity contribution < 1.29 is 17.9 Å². The Bertz CT molecular complexity index is 972. The highest BCUT2D eigenvalue weighted by atomic mass is 32.2. The Labute approximate surface area is 167 Å². The molecule has 148 valence electrons. The molecule has 2 aromatic carbocycles. The van der Waals surface area contributed by atoms with Gasteiger partial charge in [0.2, 0.25) is 10.0 Å². The summed E-state index contributed by atoms with van der Waals surface area (Å²) < 4.78 is 38.3. The second-order valence-electron chi connectivity index (χ2n) is 5.93. The topological polar surface area (TPSA) is 64.6 Å². The summed E-state index contributed by atoms with van der Waals surface area (Å²) in [5.74, 6) is 7.02. The average Bonchev–Trinajstić information content (AvgIpc) is 2.67. The van der Waals surface area contributed by atoms with Crippen LogP contribution in [0.3, 0.4) is 0 Å². The smallest absolute Gasteiger partial charge is 0.241 e. The van der Waals surface area contributed by atoms with Crippen LogP contribution in [0.15, 0.2) is 60.0 Å². The molecule has 0 heterocycles. The summed E-state index contributed by atoms with van der Waals surface area (Å²) in [6.07, 6.45) is 2.52. The van der Waals surface area contributed by atoms with E-state index in [9.17, 15) is 8.42 Å². The van der Waals surface area contributed by atoms with Crippen LogP contribution in [0.1, 0.15) is 18.1 Å². The Hall–Kier alpha value is -2.75. The Morgan fingerprint density at radius 3 is 2.61 bits per heavy atom. The fraction of sp³-hybridized carbons (Fsp3) is 0.273. The van der Waals surface area contributed by atoms with Gasteiger partial charge in [-0.1, -0.05) is 36.1 Å². The van der Waals surface area contributed by atoms with Crippen molar-refractivity contribution in [1.29, 1.82) is 0 Å². The van der Waals surface area contributed by atoms with Crippen LogP contribution in [0.2, 0.25) is 0 Å². The van der Waals surface area contributed by atoms with Crippen molar-refractivity contribution in [3.8, 4) is 23.3 Å². The van der Waals surface area contributed by atoms with Crippen molar-refractivity contribution in [3.05, 3.63) is 66.2 Å². The highest BCUT2D eigenvalue weighted by Gasteiger charge is 2.14. The van der Waals surface area contributed by atoms with Gasteiger partial charge in [0.25, 0.3) is 0 Å². The molecule has 0 radical (unpaired) electrons. The summed E-state index contributed by atoms with van der Waals surface area (Å²) >= 11 is 0. The molecule has 0 saturated carbocycles.